The molecule has 0 saturated heterocycles. The molecule has 1 saturated carbocycles. The van der Waals surface area contributed by atoms with Crippen molar-refractivity contribution < 1.29 is 14.7 Å². The number of carbonyl (C=O) groups is 2. The maximum absolute atomic E-state index is 12.1. The normalized spacial score (nSPS) is 18.1. The lowest BCUT2D eigenvalue weighted by Gasteiger charge is -2.31. The first kappa shape index (κ1) is 15.8. The summed E-state index contributed by atoms with van der Waals surface area (Å²) in [6.45, 7) is 6.34. The molecule has 1 aliphatic rings. The summed E-state index contributed by atoms with van der Waals surface area (Å²) < 4.78 is 0. The van der Waals surface area contributed by atoms with Gasteiger partial charge in [0.25, 0.3) is 0 Å². The van der Waals surface area contributed by atoms with Gasteiger partial charge in [-0.25, -0.2) is 9.59 Å². The predicted octanol–water partition coefficient (Wildman–Crippen LogP) is 2.46. The molecule has 0 heterocycles. The van der Waals surface area contributed by atoms with E-state index in [1.54, 1.807) is 4.90 Å². The first-order chi connectivity index (χ1) is 8.97. The van der Waals surface area contributed by atoms with Gasteiger partial charge in [0, 0.05) is 12.6 Å². The minimum absolute atomic E-state index is 0.0704. The van der Waals surface area contributed by atoms with Crippen LogP contribution in [0.15, 0.2) is 0 Å². The van der Waals surface area contributed by atoms with E-state index in [9.17, 15) is 14.7 Å². The van der Waals surface area contributed by atoms with Gasteiger partial charge in [-0.1, -0.05) is 19.3 Å². The zero-order valence-corrected chi connectivity index (χ0v) is 12.2. The number of aliphatic carboxylic acids is 1. The Labute approximate surface area is 115 Å². The number of nitrogens with one attached hydrogen (secondary N) is 1. The summed E-state index contributed by atoms with van der Waals surface area (Å²) in [6.07, 6.45) is 5.08. The van der Waals surface area contributed by atoms with Crippen LogP contribution in [0.25, 0.3) is 0 Å². The number of hydrogen-bond donors (Lipinski definition) is 2. The fourth-order valence-corrected chi connectivity index (χ4v) is 2.81. The van der Waals surface area contributed by atoms with Gasteiger partial charge < -0.3 is 15.3 Å². The lowest BCUT2D eigenvalue weighted by atomic mass is 9.84. The Morgan fingerprint density at radius 3 is 2.26 bits per heavy atom. The van der Waals surface area contributed by atoms with E-state index in [2.05, 4.69) is 5.32 Å². The second-order valence-electron chi connectivity index (χ2n) is 5.54. The lowest BCUT2D eigenvalue weighted by molar-refractivity contribution is -0.141. The van der Waals surface area contributed by atoms with Gasteiger partial charge in [0.05, 0.1) is 0 Å². The minimum Gasteiger partial charge on any atom is -0.480 e. The van der Waals surface area contributed by atoms with Crippen LogP contribution < -0.4 is 5.32 Å². The molecule has 110 valence electrons. The van der Waals surface area contributed by atoms with Crippen LogP contribution in [0.5, 0.6) is 0 Å². The number of amides is 2. The molecule has 1 rings (SSSR count). The van der Waals surface area contributed by atoms with E-state index >= 15 is 0 Å². The summed E-state index contributed by atoms with van der Waals surface area (Å²) in [7, 11) is 0. The standard InChI is InChI=1S/C14H26N2O3/c1-4-16(10(2)3)14(19)15-12(13(17)18)11-8-6-5-7-9-11/h10-12H,4-9H2,1-3H3,(H,15,19)(H,17,18). The number of hydrogen-bond acceptors (Lipinski definition) is 2. The van der Waals surface area contributed by atoms with Crippen molar-refractivity contribution in [1.82, 2.24) is 10.2 Å². The molecule has 2 amide bonds. The molecule has 1 atom stereocenters. The highest BCUT2D eigenvalue weighted by Gasteiger charge is 2.32. The molecule has 0 aliphatic heterocycles. The molecule has 5 heteroatoms. The van der Waals surface area contributed by atoms with Crippen LogP contribution in [0.4, 0.5) is 4.79 Å². The van der Waals surface area contributed by atoms with Gasteiger partial charge in [-0.3, -0.25) is 0 Å². The molecule has 1 aliphatic carbocycles. The zero-order chi connectivity index (χ0) is 14.4. The van der Waals surface area contributed by atoms with E-state index in [0.717, 1.165) is 25.7 Å². The van der Waals surface area contributed by atoms with Gasteiger partial charge in [0.2, 0.25) is 0 Å². The van der Waals surface area contributed by atoms with Crippen LogP contribution in [0, 0.1) is 5.92 Å². The summed E-state index contributed by atoms with van der Waals surface area (Å²) in [4.78, 5) is 25.2. The Balaban J connectivity index is 2.67. The van der Waals surface area contributed by atoms with Crippen molar-refractivity contribution in [2.75, 3.05) is 6.54 Å². The molecule has 5 nitrogen and oxygen atoms in total. The molecule has 0 aromatic rings. The Bertz CT molecular complexity index is 312. The van der Waals surface area contributed by atoms with Crippen LogP contribution in [-0.2, 0) is 4.79 Å². The van der Waals surface area contributed by atoms with Crippen molar-refractivity contribution in [1.29, 1.82) is 0 Å². The highest BCUT2D eigenvalue weighted by molar-refractivity contribution is 5.83. The van der Waals surface area contributed by atoms with Crippen molar-refractivity contribution in [2.24, 2.45) is 5.92 Å². The second-order valence-corrected chi connectivity index (χ2v) is 5.54. The largest absolute Gasteiger partial charge is 0.480 e. The first-order valence-corrected chi connectivity index (χ1v) is 7.27. The Morgan fingerprint density at radius 1 is 1.26 bits per heavy atom. The van der Waals surface area contributed by atoms with Crippen molar-refractivity contribution >= 4 is 12.0 Å². The lowest BCUT2D eigenvalue weighted by Crippen LogP contribution is -2.53. The Hall–Kier alpha value is -1.26. The fourth-order valence-electron chi connectivity index (χ4n) is 2.81. The number of urea groups is 1. The van der Waals surface area contributed by atoms with Crippen molar-refractivity contribution in [3.63, 3.8) is 0 Å². The molecule has 0 radical (unpaired) electrons. The topological polar surface area (TPSA) is 69.6 Å². The molecule has 1 fully saturated rings. The summed E-state index contributed by atoms with van der Waals surface area (Å²) in [5.74, 6) is -0.846. The maximum atomic E-state index is 12.1. The van der Waals surface area contributed by atoms with Crippen LogP contribution in [-0.4, -0.2) is 40.6 Å². The third-order valence-corrected chi connectivity index (χ3v) is 3.89. The average molecular weight is 270 g/mol. The minimum atomic E-state index is -0.917. The number of carbonyl (C=O) groups excluding carboxylic acids is 1. The number of carboxylic acids is 1. The van der Waals surface area contributed by atoms with E-state index in [0.29, 0.717) is 6.54 Å². The van der Waals surface area contributed by atoms with Crippen LogP contribution in [0.1, 0.15) is 52.9 Å². The van der Waals surface area contributed by atoms with Gasteiger partial charge in [-0.15, -0.1) is 0 Å². The van der Waals surface area contributed by atoms with E-state index in [-0.39, 0.29) is 18.0 Å². The van der Waals surface area contributed by atoms with Crippen LogP contribution in [0.2, 0.25) is 0 Å². The van der Waals surface area contributed by atoms with Crippen molar-refractivity contribution in [3.05, 3.63) is 0 Å². The monoisotopic (exact) mass is 270 g/mol. The molecule has 0 aromatic carbocycles. The maximum Gasteiger partial charge on any atom is 0.326 e. The van der Waals surface area contributed by atoms with Gasteiger partial charge >= 0.3 is 12.0 Å². The average Bonchev–Trinajstić information content (AvgIpc) is 2.37. The zero-order valence-electron chi connectivity index (χ0n) is 12.2. The number of nitrogens with zero attached hydrogens (tertiary/aromatic N) is 1. The molecule has 19 heavy (non-hydrogen) atoms. The summed E-state index contributed by atoms with van der Waals surface area (Å²) in [6, 6.07) is -0.943. The van der Waals surface area contributed by atoms with Crippen LogP contribution >= 0.6 is 0 Å². The van der Waals surface area contributed by atoms with E-state index in [4.69, 9.17) is 0 Å². The highest BCUT2D eigenvalue weighted by Crippen LogP contribution is 2.26. The van der Waals surface area contributed by atoms with E-state index < -0.39 is 12.0 Å². The first-order valence-electron chi connectivity index (χ1n) is 7.27. The van der Waals surface area contributed by atoms with Gasteiger partial charge in [0.15, 0.2) is 0 Å². The summed E-state index contributed by atoms with van der Waals surface area (Å²) in [5.41, 5.74) is 0. The molecule has 2 N–H and O–H groups in total. The molecular formula is C14H26N2O3. The third-order valence-electron chi connectivity index (χ3n) is 3.89. The highest BCUT2D eigenvalue weighted by atomic mass is 16.4. The van der Waals surface area contributed by atoms with Crippen molar-refractivity contribution in [2.45, 2.75) is 65.0 Å². The third kappa shape index (κ3) is 4.40. The smallest absolute Gasteiger partial charge is 0.326 e. The van der Waals surface area contributed by atoms with E-state index in [1.807, 2.05) is 20.8 Å². The fraction of sp³-hybridized carbons (Fsp3) is 0.857. The molecule has 0 bridgehead atoms. The van der Waals surface area contributed by atoms with E-state index in [1.165, 1.54) is 6.42 Å². The summed E-state index contributed by atoms with van der Waals surface area (Å²) in [5, 5.41) is 12.0. The SMILES string of the molecule is CCN(C(=O)NC(C(=O)O)C1CCCCC1)C(C)C. The predicted molar refractivity (Wildman–Crippen MR) is 74.0 cm³/mol. The number of rotatable bonds is 5. The van der Waals surface area contributed by atoms with Crippen molar-refractivity contribution in [3.8, 4) is 0 Å². The van der Waals surface area contributed by atoms with Crippen LogP contribution in [0.3, 0.4) is 0 Å². The quantitative estimate of drug-likeness (QED) is 0.806. The second kappa shape index (κ2) is 7.36. The molecule has 1 unspecified atom stereocenters. The number of carboxylic acid groups (broad SMARTS) is 1. The van der Waals surface area contributed by atoms with Gasteiger partial charge in [-0.2, -0.15) is 0 Å². The molecule has 0 spiro atoms. The Morgan fingerprint density at radius 2 is 1.84 bits per heavy atom. The molecular weight excluding hydrogens is 244 g/mol. The van der Waals surface area contributed by atoms with Gasteiger partial charge in [-0.05, 0) is 39.5 Å². The summed E-state index contributed by atoms with van der Waals surface area (Å²) >= 11 is 0. The molecule has 0 aromatic heterocycles. The Kier molecular flexibility index (Phi) is 6.12. The van der Waals surface area contributed by atoms with Gasteiger partial charge in [0.1, 0.15) is 6.04 Å².